The minimum atomic E-state index is -1.46. The third-order valence-corrected chi connectivity index (χ3v) is 4.82. The Balaban J connectivity index is 2.04. The second-order valence-electron chi connectivity index (χ2n) is 7.76. The molecule has 7 heteroatoms. The van der Waals surface area contributed by atoms with Crippen molar-refractivity contribution in [3.8, 4) is 0 Å². The van der Waals surface area contributed by atoms with Gasteiger partial charge in [0.1, 0.15) is 12.7 Å². The van der Waals surface area contributed by atoms with Crippen LogP contribution in [0.25, 0.3) is 0 Å². The van der Waals surface area contributed by atoms with Crippen LogP contribution >= 0.6 is 0 Å². The first kappa shape index (κ1) is 29.7. The van der Waals surface area contributed by atoms with E-state index in [0.29, 0.717) is 6.42 Å². The molecule has 35 heavy (non-hydrogen) atoms. The molecule has 0 aromatic heterocycles. The number of carbonyl (C=O) groups excluding carboxylic acids is 2. The number of hydrogen-bond acceptors (Lipinski definition) is 7. The number of rotatable bonds is 17. The monoisotopic (exact) mass is 486 g/mol. The Hall–Kier alpha value is -3.32. The van der Waals surface area contributed by atoms with Gasteiger partial charge >= 0.3 is 11.9 Å². The summed E-state index contributed by atoms with van der Waals surface area (Å²) in [5.74, 6) is -3.37. The fourth-order valence-corrected chi connectivity index (χ4v) is 2.91. The first-order valence-electron chi connectivity index (χ1n) is 12.0. The van der Waals surface area contributed by atoms with Crippen molar-refractivity contribution in [2.75, 3.05) is 6.61 Å². The van der Waals surface area contributed by atoms with Crippen LogP contribution in [0, 0.1) is 0 Å². The van der Waals surface area contributed by atoms with Gasteiger partial charge in [-0.25, -0.2) is 4.79 Å². The molecule has 1 unspecified atom stereocenters. The molecule has 0 fully saturated rings. The van der Waals surface area contributed by atoms with Crippen molar-refractivity contribution < 1.29 is 34.4 Å². The van der Waals surface area contributed by atoms with Crippen molar-refractivity contribution in [2.24, 2.45) is 0 Å². The third kappa shape index (κ3) is 13.9. The smallest absolute Gasteiger partial charge is 0.377 e. The average molecular weight is 487 g/mol. The topological polar surface area (TPSA) is 113 Å². The van der Waals surface area contributed by atoms with Crippen LogP contribution in [-0.2, 0) is 19.1 Å². The highest BCUT2D eigenvalue weighted by Gasteiger charge is 2.39. The molecule has 0 aromatic rings. The van der Waals surface area contributed by atoms with E-state index >= 15 is 0 Å². The van der Waals surface area contributed by atoms with Crippen molar-refractivity contribution in [3.63, 3.8) is 0 Å². The highest BCUT2D eigenvalue weighted by Crippen LogP contribution is 2.21. The van der Waals surface area contributed by atoms with Gasteiger partial charge in [-0.1, -0.05) is 79.8 Å². The summed E-state index contributed by atoms with van der Waals surface area (Å²) in [5, 5.41) is 28.5. The zero-order valence-electron chi connectivity index (χ0n) is 20.4. The fourth-order valence-electron chi connectivity index (χ4n) is 2.91. The quantitative estimate of drug-likeness (QED) is 0.181. The average Bonchev–Trinajstić information content (AvgIpc) is 3.11. The summed E-state index contributed by atoms with van der Waals surface area (Å²) in [5.41, 5.74) is 0. The molecule has 0 radical (unpaired) electrons. The molecular weight excluding hydrogens is 448 g/mol. The Kier molecular flexibility index (Phi) is 16.2. The maximum atomic E-state index is 11.7. The van der Waals surface area contributed by atoms with Crippen molar-refractivity contribution in [1.82, 2.24) is 0 Å². The maximum absolute atomic E-state index is 11.7. The zero-order chi connectivity index (χ0) is 25.7. The number of esters is 2. The van der Waals surface area contributed by atoms with E-state index in [1.807, 2.05) is 12.2 Å². The maximum Gasteiger partial charge on any atom is 0.377 e. The van der Waals surface area contributed by atoms with Crippen LogP contribution < -0.4 is 0 Å². The molecule has 192 valence electrons. The standard InChI is InChI=1S/C28H38O7/c1-2-3-4-5-6-7-8-9-10-11-12-13-14-15-16-17-18-19-20-21-24(30)34-22-23(29)27-25(31)26(32)28(33)35-27/h3-4,6-7,9-10,12-13,15-16,18-19,23,27,29,31-32H,2,5,8,11,14,17,20-22H2,1H3/b4-3-,7-6-,10-9-,13-12-,16-15-,19-18-/t23?,27-/m0/s1. The van der Waals surface area contributed by atoms with Gasteiger partial charge in [0.15, 0.2) is 11.9 Å². The van der Waals surface area contributed by atoms with Crippen molar-refractivity contribution >= 4 is 11.9 Å². The molecular formula is C28H38O7. The van der Waals surface area contributed by atoms with Gasteiger partial charge in [-0.2, -0.15) is 0 Å². The first-order chi connectivity index (χ1) is 17.0. The summed E-state index contributed by atoms with van der Waals surface area (Å²) >= 11 is 0. The van der Waals surface area contributed by atoms with Crippen LogP contribution in [0.4, 0.5) is 0 Å². The molecule has 0 saturated heterocycles. The van der Waals surface area contributed by atoms with Crippen LogP contribution in [-0.4, -0.2) is 46.1 Å². The molecule has 1 aliphatic heterocycles. The summed E-state index contributed by atoms with van der Waals surface area (Å²) in [7, 11) is 0. The van der Waals surface area contributed by atoms with E-state index in [0.717, 1.165) is 38.5 Å². The third-order valence-electron chi connectivity index (χ3n) is 4.82. The van der Waals surface area contributed by atoms with Gasteiger partial charge in [-0.15, -0.1) is 0 Å². The summed E-state index contributed by atoms with van der Waals surface area (Å²) in [6.07, 6.45) is 28.6. The SMILES string of the molecule is CC/C=C\C/C=C\C/C=C\C/C=C\C/C=C\C/C=C\CCC(=O)OCC(O)[C@@H]1OC(=O)C(O)=C1O. The lowest BCUT2D eigenvalue weighted by atomic mass is 10.2. The summed E-state index contributed by atoms with van der Waals surface area (Å²) in [6.45, 7) is 1.67. The second kappa shape index (κ2) is 19.0. The highest BCUT2D eigenvalue weighted by molar-refractivity contribution is 5.89. The first-order valence-corrected chi connectivity index (χ1v) is 12.0. The van der Waals surface area contributed by atoms with Gasteiger partial charge in [0.2, 0.25) is 5.76 Å². The number of carbonyl (C=O) groups is 2. The number of allylic oxidation sites excluding steroid dienone is 12. The molecule has 0 bridgehead atoms. The Morgan fingerprint density at radius 3 is 1.74 bits per heavy atom. The Bertz CT molecular complexity index is 843. The summed E-state index contributed by atoms with van der Waals surface area (Å²) in [4.78, 5) is 22.8. The Morgan fingerprint density at radius 1 is 0.857 bits per heavy atom. The molecule has 0 saturated carbocycles. The van der Waals surface area contributed by atoms with E-state index in [1.165, 1.54) is 0 Å². The number of ether oxygens (including phenoxy) is 2. The van der Waals surface area contributed by atoms with Gasteiger partial charge in [0.25, 0.3) is 0 Å². The van der Waals surface area contributed by atoms with Crippen LogP contribution in [0.3, 0.4) is 0 Å². The zero-order valence-corrected chi connectivity index (χ0v) is 20.4. The lowest BCUT2D eigenvalue weighted by Crippen LogP contribution is -2.33. The molecule has 1 rings (SSSR count). The van der Waals surface area contributed by atoms with E-state index in [2.05, 4.69) is 72.4 Å². The molecule has 1 aliphatic rings. The molecule has 2 atom stereocenters. The number of cyclic esters (lactones) is 1. The van der Waals surface area contributed by atoms with Crippen molar-refractivity contribution in [2.45, 2.75) is 70.5 Å². The van der Waals surface area contributed by atoms with E-state index in [9.17, 15) is 24.9 Å². The summed E-state index contributed by atoms with van der Waals surface area (Å²) in [6, 6.07) is 0. The molecule has 0 aromatic carbocycles. The minimum absolute atomic E-state index is 0.131. The molecule has 0 aliphatic carbocycles. The van der Waals surface area contributed by atoms with Gasteiger partial charge in [-0.05, 0) is 44.9 Å². The van der Waals surface area contributed by atoms with E-state index in [-0.39, 0.29) is 6.42 Å². The molecule has 7 nitrogen and oxygen atoms in total. The second-order valence-corrected chi connectivity index (χ2v) is 7.76. The number of hydrogen-bond donors (Lipinski definition) is 3. The van der Waals surface area contributed by atoms with Gasteiger partial charge in [0.05, 0.1) is 0 Å². The lowest BCUT2D eigenvalue weighted by Gasteiger charge is -2.16. The number of aliphatic hydroxyl groups excluding tert-OH is 3. The lowest BCUT2D eigenvalue weighted by molar-refractivity contribution is -0.154. The Morgan fingerprint density at radius 2 is 1.31 bits per heavy atom. The van der Waals surface area contributed by atoms with Crippen molar-refractivity contribution in [1.29, 1.82) is 0 Å². The minimum Gasteiger partial charge on any atom is -0.505 e. The molecule has 0 spiro atoms. The van der Waals surface area contributed by atoms with Gasteiger partial charge < -0.3 is 24.8 Å². The molecule has 1 heterocycles. The normalized spacial score (nSPS) is 17.9. The summed E-state index contributed by atoms with van der Waals surface area (Å²) < 4.78 is 9.51. The van der Waals surface area contributed by atoms with E-state index < -0.39 is 42.3 Å². The van der Waals surface area contributed by atoms with E-state index in [1.54, 1.807) is 0 Å². The van der Waals surface area contributed by atoms with Gasteiger partial charge in [-0.3, -0.25) is 4.79 Å². The van der Waals surface area contributed by atoms with Gasteiger partial charge in [0, 0.05) is 6.42 Å². The predicted octanol–water partition coefficient (Wildman–Crippen LogP) is 5.62. The van der Waals surface area contributed by atoms with E-state index in [4.69, 9.17) is 4.74 Å². The van der Waals surface area contributed by atoms with Crippen LogP contribution in [0.1, 0.15) is 58.3 Å². The molecule has 3 N–H and O–H groups in total. The van der Waals surface area contributed by atoms with Crippen molar-refractivity contribution in [3.05, 3.63) is 84.4 Å². The van der Waals surface area contributed by atoms with Crippen LogP contribution in [0.15, 0.2) is 84.4 Å². The van der Waals surface area contributed by atoms with Crippen LogP contribution in [0.2, 0.25) is 0 Å². The van der Waals surface area contributed by atoms with Crippen LogP contribution in [0.5, 0.6) is 0 Å². The Labute approximate surface area is 208 Å². The molecule has 0 amide bonds. The number of aliphatic hydroxyl groups is 3. The largest absolute Gasteiger partial charge is 0.505 e. The highest BCUT2D eigenvalue weighted by atomic mass is 16.6. The predicted molar refractivity (Wildman–Crippen MR) is 137 cm³/mol. The fraction of sp³-hybridized carbons (Fsp3) is 0.429.